The molecule has 21 heavy (non-hydrogen) atoms. The van der Waals surface area contributed by atoms with E-state index in [-0.39, 0.29) is 0 Å². The van der Waals surface area contributed by atoms with Gasteiger partial charge in [-0.15, -0.1) is 0 Å². The minimum Gasteiger partial charge on any atom is -0.494 e. The maximum Gasteiger partial charge on any atom is 0.119 e. The van der Waals surface area contributed by atoms with Crippen LogP contribution in [0, 0.1) is 13.8 Å². The van der Waals surface area contributed by atoms with Crippen molar-refractivity contribution in [3.05, 3.63) is 28.3 Å². The molecule has 0 aliphatic rings. The number of hydrogen-bond acceptors (Lipinski definition) is 2. The van der Waals surface area contributed by atoms with Crippen LogP contribution < -0.4 is 4.74 Å². The average molecular weight is 312 g/mol. The second-order valence-electron chi connectivity index (χ2n) is 5.66. The van der Waals surface area contributed by atoms with E-state index in [0.717, 1.165) is 48.0 Å². The lowest BCUT2D eigenvalue weighted by Gasteiger charge is -2.17. The highest BCUT2D eigenvalue weighted by Crippen LogP contribution is 2.25. The van der Waals surface area contributed by atoms with Gasteiger partial charge in [-0.05, 0) is 69.6 Å². The minimum atomic E-state index is 0.797. The lowest BCUT2D eigenvalue weighted by Crippen LogP contribution is -2.23. The summed E-state index contributed by atoms with van der Waals surface area (Å²) in [6.45, 7) is 12.9. The molecular weight excluding hydrogens is 282 g/mol. The number of hydrogen-bond donors (Lipinski definition) is 0. The van der Waals surface area contributed by atoms with Crippen molar-refractivity contribution in [2.24, 2.45) is 0 Å². The van der Waals surface area contributed by atoms with Crippen molar-refractivity contribution in [2.75, 3.05) is 26.2 Å². The molecule has 1 rings (SSSR count). The molecule has 1 aromatic carbocycles. The first-order valence-electron chi connectivity index (χ1n) is 8.20. The highest BCUT2D eigenvalue weighted by molar-refractivity contribution is 6.32. The monoisotopic (exact) mass is 311 g/mol. The van der Waals surface area contributed by atoms with Crippen LogP contribution in [0.3, 0.4) is 0 Å². The predicted molar refractivity (Wildman–Crippen MR) is 92.7 cm³/mol. The Morgan fingerprint density at radius 3 is 2.10 bits per heavy atom. The second-order valence-corrected chi connectivity index (χ2v) is 6.04. The molecule has 0 heterocycles. The van der Waals surface area contributed by atoms with E-state index in [1.54, 1.807) is 0 Å². The Labute approximate surface area is 135 Å². The summed E-state index contributed by atoms with van der Waals surface area (Å²) in [6, 6.07) is 4.05. The molecule has 0 saturated carbocycles. The summed E-state index contributed by atoms with van der Waals surface area (Å²) >= 11 is 6.16. The second kappa shape index (κ2) is 10.1. The maximum atomic E-state index is 6.16. The van der Waals surface area contributed by atoms with Crippen LogP contribution in [0.5, 0.6) is 5.75 Å². The standard InChI is InChI=1S/C18H30ClNO/c1-5-20(6-2)11-9-7-8-10-12-21-17-13-15(3)18(19)16(4)14-17/h13-14H,5-12H2,1-4H3. The number of halogens is 1. The minimum absolute atomic E-state index is 0.797. The number of aryl methyl sites for hydroxylation is 2. The number of rotatable bonds is 10. The van der Waals surface area contributed by atoms with Gasteiger partial charge in [0.15, 0.2) is 0 Å². The Morgan fingerprint density at radius 1 is 0.952 bits per heavy atom. The Hall–Kier alpha value is -0.730. The first kappa shape index (κ1) is 18.3. The Bertz CT molecular complexity index is 393. The third-order valence-electron chi connectivity index (χ3n) is 3.94. The third kappa shape index (κ3) is 6.71. The first-order chi connectivity index (χ1) is 10.1. The van der Waals surface area contributed by atoms with Crippen LogP contribution in [-0.2, 0) is 0 Å². The lowest BCUT2D eigenvalue weighted by molar-refractivity contribution is 0.284. The molecule has 0 amide bonds. The van der Waals surface area contributed by atoms with Crippen molar-refractivity contribution in [3.63, 3.8) is 0 Å². The van der Waals surface area contributed by atoms with Crippen molar-refractivity contribution >= 4 is 11.6 Å². The molecule has 0 bridgehead atoms. The van der Waals surface area contributed by atoms with Gasteiger partial charge in [-0.1, -0.05) is 38.3 Å². The fourth-order valence-corrected chi connectivity index (χ4v) is 2.62. The van der Waals surface area contributed by atoms with Gasteiger partial charge in [-0.2, -0.15) is 0 Å². The number of benzene rings is 1. The zero-order chi connectivity index (χ0) is 15.7. The van der Waals surface area contributed by atoms with Gasteiger partial charge in [-0.25, -0.2) is 0 Å². The number of nitrogens with zero attached hydrogens (tertiary/aromatic N) is 1. The van der Waals surface area contributed by atoms with Gasteiger partial charge >= 0.3 is 0 Å². The summed E-state index contributed by atoms with van der Waals surface area (Å²) < 4.78 is 5.82. The zero-order valence-corrected chi connectivity index (χ0v) is 14.8. The summed E-state index contributed by atoms with van der Waals surface area (Å²) in [5.41, 5.74) is 2.18. The normalized spacial score (nSPS) is 11.1. The molecule has 3 heteroatoms. The van der Waals surface area contributed by atoms with Crippen LogP contribution in [0.15, 0.2) is 12.1 Å². The third-order valence-corrected chi connectivity index (χ3v) is 4.54. The molecule has 120 valence electrons. The summed E-state index contributed by atoms with van der Waals surface area (Å²) in [5.74, 6) is 0.942. The summed E-state index contributed by atoms with van der Waals surface area (Å²) in [5, 5.41) is 0.846. The van der Waals surface area contributed by atoms with E-state index in [1.807, 2.05) is 26.0 Å². The van der Waals surface area contributed by atoms with Gasteiger partial charge in [0.1, 0.15) is 5.75 Å². The molecule has 0 spiro atoms. The van der Waals surface area contributed by atoms with Crippen LogP contribution in [0.25, 0.3) is 0 Å². The quantitative estimate of drug-likeness (QED) is 0.548. The fraction of sp³-hybridized carbons (Fsp3) is 0.667. The Kier molecular flexibility index (Phi) is 8.79. The molecule has 2 nitrogen and oxygen atoms in total. The van der Waals surface area contributed by atoms with Crippen LogP contribution in [0.2, 0.25) is 5.02 Å². The molecule has 0 saturated heterocycles. The number of unbranched alkanes of at least 4 members (excludes halogenated alkanes) is 3. The molecule has 0 N–H and O–H groups in total. The molecule has 0 aromatic heterocycles. The molecule has 0 unspecified atom stereocenters. The zero-order valence-electron chi connectivity index (χ0n) is 14.0. The average Bonchev–Trinajstić information content (AvgIpc) is 2.47. The Balaban J connectivity index is 2.15. The van der Waals surface area contributed by atoms with Crippen molar-refractivity contribution in [1.29, 1.82) is 0 Å². The van der Waals surface area contributed by atoms with Crippen LogP contribution in [0.1, 0.15) is 50.7 Å². The molecule has 0 aliphatic carbocycles. The van der Waals surface area contributed by atoms with Crippen molar-refractivity contribution in [2.45, 2.75) is 53.4 Å². The topological polar surface area (TPSA) is 12.5 Å². The molecule has 0 fully saturated rings. The highest BCUT2D eigenvalue weighted by Gasteiger charge is 2.03. The van der Waals surface area contributed by atoms with E-state index in [0.29, 0.717) is 0 Å². The van der Waals surface area contributed by atoms with Crippen LogP contribution in [0.4, 0.5) is 0 Å². The van der Waals surface area contributed by atoms with Gasteiger partial charge in [0.25, 0.3) is 0 Å². The van der Waals surface area contributed by atoms with E-state index in [4.69, 9.17) is 16.3 Å². The van der Waals surface area contributed by atoms with Crippen molar-refractivity contribution in [1.82, 2.24) is 4.90 Å². The van der Waals surface area contributed by atoms with Gasteiger partial charge in [0, 0.05) is 5.02 Å². The van der Waals surface area contributed by atoms with Gasteiger partial charge in [0.05, 0.1) is 6.61 Å². The highest BCUT2D eigenvalue weighted by atomic mass is 35.5. The molecule has 0 aliphatic heterocycles. The van der Waals surface area contributed by atoms with Gasteiger partial charge in [-0.3, -0.25) is 0 Å². The maximum absolute atomic E-state index is 6.16. The molecule has 1 aromatic rings. The molecule has 0 atom stereocenters. The molecule has 0 radical (unpaired) electrons. The van der Waals surface area contributed by atoms with Gasteiger partial charge in [0.2, 0.25) is 0 Å². The Morgan fingerprint density at radius 2 is 1.52 bits per heavy atom. The van der Waals surface area contributed by atoms with E-state index >= 15 is 0 Å². The van der Waals surface area contributed by atoms with E-state index in [2.05, 4.69) is 18.7 Å². The van der Waals surface area contributed by atoms with Gasteiger partial charge < -0.3 is 9.64 Å². The van der Waals surface area contributed by atoms with E-state index in [1.165, 1.54) is 25.8 Å². The smallest absolute Gasteiger partial charge is 0.119 e. The van der Waals surface area contributed by atoms with Crippen molar-refractivity contribution in [3.8, 4) is 5.75 Å². The van der Waals surface area contributed by atoms with Crippen LogP contribution >= 0.6 is 11.6 Å². The number of ether oxygens (including phenoxy) is 1. The van der Waals surface area contributed by atoms with Crippen LogP contribution in [-0.4, -0.2) is 31.1 Å². The lowest BCUT2D eigenvalue weighted by atomic mass is 10.1. The summed E-state index contributed by atoms with van der Waals surface area (Å²) in [4.78, 5) is 2.48. The fourth-order valence-electron chi connectivity index (χ4n) is 2.51. The largest absolute Gasteiger partial charge is 0.494 e. The summed E-state index contributed by atoms with van der Waals surface area (Å²) in [7, 11) is 0. The SMILES string of the molecule is CCN(CC)CCCCCCOc1cc(C)c(Cl)c(C)c1. The molecular formula is C18H30ClNO. The predicted octanol–water partition coefficient (Wildman–Crippen LogP) is 5.24. The van der Waals surface area contributed by atoms with E-state index in [9.17, 15) is 0 Å². The van der Waals surface area contributed by atoms with E-state index < -0.39 is 0 Å². The van der Waals surface area contributed by atoms with Crippen molar-refractivity contribution < 1.29 is 4.74 Å². The first-order valence-corrected chi connectivity index (χ1v) is 8.58. The summed E-state index contributed by atoms with van der Waals surface area (Å²) in [6.07, 6.45) is 4.95.